The summed E-state index contributed by atoms with van der Waals surface area (Å²) >= 11 is 0. The summed E-state index contributed by atoms with van der Waals surface area (Å²) < 4.78 is 17.1. The van der Waals surface area contributed by atoms with Gasteiger partial charge in [0.1, 0.15) is 17.5 Å². The number of carbonyl (C=O) groups is 2. The van der Waals surface area contributed by atoms with E-state index in [0.29, 0.717) is 12.2 Å². The minimum Gasteiger partial charge on any atom is -0.469 e. The van der Waals surface area contributed by atoms with Gasteiger partial charge in [0.05, 0.1) is 24.4 Å². The number of rotatable bonds is 1. The smallest absolute Gasteiger partial charge is 0.314 e. The van der Waals surface area contributed by atoms with Crippen LogP contribution in [0, 0.1) is 22.7 Å². The molecule has 0 radical (unpaired) electrons. The zero-order valence-corrected chi connectivity index (χ0v) is 17.5. The van der Waals surface area contributed by atoms with Gasteiger partial charge in [-0.15, -0.1) is 0 Å². The number of esters is 2. The Balaban J connectivity index is 1.78. The number of hydrogen-bond acceptors (Lipinski definition) is 8. The van der Waals surface area contributed by atoms with E-state index in [1.54, 1.807) is 26.8 Å². The van der Waals surface area contributed by atoms with Crippen LogP contribution in [0.2, 0.25) is 0 Å². The SMILES string of the molecule is CC(=O)O[C@H]1[C@@H]2OC(=O)[C@@H]3c4ccoc4C[C@@H]([C@@H]23)[C@@]2(C)[C@@H](O)[C@@H](O)CC(C)(C)[C@]12O. The normalized spacial score (nSPS) is 48.2. The first kappa shape index (κ1) is 20.0. The molecule has 1 aromatic rings. The lowest BCUT2D eigenvalue weighted by Gasteiger charge is -2.69. The fourth-order valence-electron chi connectivity index (χ4n) is 7.34. The van der Waals surface area contributed by atoms with Gasteiger partial charge in [-0.1, -0.05) is 20.8 Å². The van der Waals surface area contributed by atoms with Crippen LogP contribution in [0.25, 0.3) is 0 Å². The van der Waals surface area contributed by atoms with Crippen molar-refractivity contribution in [2.75, 3.05) is 0 Å². The molecule has 9 atom stereocenters. The van der Waals surface area contributed by atoms with Crippen molar-refractivity contribution in [1.29, 1.82) is 0 Å². The second kappa shape index (κ2) is 5.87. The fourth-order valence-corrected chi connectivity index (χ4v) is 7.34. The summed E-state index contributed by atoms with van der Waals surface area (Å²) in [5, 5.41) is 34.4. The molecule has 5 rings (SSSR count). The van der Waals surface area contributed by atoms with Gasteiger partial charge in [0.15, 0.2) is 6.10 Å². The van der Waals surface area contributed by atoms with E-state index in [0.717, 1.165) is 5.56 Å². The van der Waals surface area contributed by atoms with Crippen molar-refractivity contribution in [2.24, 2.45) is 22.7 Å². The molecule has 2 saturated carbocycles. The van der Waals surface area contributed by atoms with Crippen molar-refractivity contribution in [2.45, 2.75) is 76.5 Å². The third-order valence-corrected chi connectivity index (χ3v) is 8.58. The minimum atomic E-state index is -1.75. The van der Waals surface area contributed by atoms with Crippen LogP contribution in [0.4, 0.5) is 0 Å². The van der Waals surface area contributed by atoms with Gasteiger partial charge in [-0.3, -0.25) is 9.59 Å². The van der Waals surface area contributed by atoms with Gasteiger partial charge in [0.25, 0.3) is 0 Å². The van der Waals surface area contributed by atoms with E-state index in [4.69, 9.17) is 13.9 Å². The molecule has 1 aromatic heterocycles. The molecule has 0 aromatic carbocycles. The summed E-state index contributed by atoms with van der Waals surface area (Å²) in [6.45, 7) is 6.54. The quantitative estimate of drug-likeness (QED) is 0.573. The van der Waals surface area contributed by atoms with E-state index in [-0.39, 0.29) is 6.42 Å². The van der Waals surface area contributed by atoms with Gasteiger partial charge in [-0.05, 0) is 18.4 Å². The lowest BCUT2D eigenvalue weighted by Crippen LogP contribution is -2.81. The van der Waals surface area contributed by atoms with E-state index >= 15 is 0 Å². The monoisotopic (exact) mass is 420 g/mol. The summed E-state index contributed by atoms with van der Waals surface area (Å²) in [6.07, 6.45) is -2.37. The molecule has 3 aliphatic carbocycles. The highest BCUT2D eigenvalue weighted by molar-refractivity contribution is 5.82. The summed E-state index contributed by atoms with van der Waals surface area (Å²) in [4.78, 5) is 25.0. The molecule has 1 saturated heterocycles. The van der Waals surface area contributed by atoms with Crippen molar-refractivity contribution < 1.29 is 38.8 Å². The molecule has 0 bridgehead atoms. The van der Waals surface area contributed by atoms with Gasteiger partial charge in [-0.2, -0.15) is 0 Å². The predicted octanol–water partition coefficient (Wildman–Crippen LogP) is 0.911. The molecular formula is C22H28O8. The molecule has 4 aliphatic rings. The standard InChI is InChI=1S/C22H28O8/c1-9(23)29-18-16-15-11(7-13-10(5-6-28-13)14(15)19(26)30-16)21(4)17(25)12(24)8-20(2,3)22(18,21)27/h5-6,11-12,14-18,24-25,27H,7-8H2,1-4H3/t11-,12-,14+,15+,16+,17-,18-,21-,22+/m0/s1. The van der Waals surface area contributed by atoms with Crippen molar-refractivity contribution in [3.05, 3.63) is 23.7 Å². The van der Waals surface area contributed by atoms with E-state index in [1.807, 2.05) is 0 Å². The number of aliphatic hydroxyl groups is 3. The fraction of sp³-hybridized carbons (Fsp3) is 0.727. The Labute approximate surface area is 174 Å². The zero-order valence-electron chi connectivity index (χ0n) is 17.5. The Morgan fingerprint density at radius 2 is 1.97 bits per heavy atom. The maximum atomic E-state index is 13.0. The maximum Gasteiger partial charge on any atom is 0.314 e. The van der Waals surface area contributed by atoms with Crippen LogP contribution in [0.1, 0.15) is 51.4 Å². The Kier molecular flexibility index (Phi) is 3.92. The summed E-state index contributed by atoms with van der Waals surface area (Å²) in [5.74, 6) is -1.92. The lowest BCUT2D eigenvalue weighted by molar-refractivity contribution is -0.345. The molecule has 8 heteroatoms. The average Bonchev–Trinajstić information content (AvgIpc) is 3.25. The van der Waals surface area contributed by atoms with Crippen LogP contribution in [-0.2, 0) is 25.5 Å². The van der Waals surface area contributed by atoms with Gasteiger partial charge in [0.2, 0.25) is 0 Å². The van der Waals surface area contributed by atoms with Crippen molar-refractivity contribution in [3.8, 4) is 0 Å². The van der Waals surface area contributed by atoms with E-state index in [9.17, 15) is 24.9 Å². The highest BCUT2D eigenvalue weighted by atomic mass is 16.6. The summed E-state index contributed by atoms with van der Waals surface area (Å²) in [6, 6.07) is 1.75. The van der Waals surface area contributed by atoms with E-state index < -0.39 is 70.5 Å². The van der Waals surface area contributed by atoms with Gasteiger partial charge >= 0.3 is 11.9 Å². The predicted molar refractivity (Wildman–Crippen MR) is 101 cm³/mol. The summed E-state index contributed by atoms with van der Waals surface area (Å²) in [5.41, 5.74) is -3.24. The third-order valence-electron chi connectivity index (χ3n) is 8.58. The lowest BCUT2D eigenvalue weighted by atomic mass is 9.39. The number of aliphatic hydroxyl groups excluding tert-OH is 2. The zero-order chi connectivity index (χ0) is 21.8. The topological polar surface area (TPSA) is 126 Å². The summed E-state index contributed by atoms with van der Waals surface area (Å²) in [7, 11) is 0. The highest BCUT2D eigenvalue weighted by Gasteiger charge is 2.79. The van der Waals surface area contributed by atoms with Crippen LogP contribution < -0.4 is 0 Å². The molecule has 0 amide bonds. The van der Waals surface area contributed by atoms with Crippen LogP contribution in [-0.4, -0.2) is 57.3 Å². The van der Waals surface area contributed by atoms with Gasteiger partial charge in [-0.25, -0.2) is 0 Å². The Morgan fingerprint density at radius 1 is 1.27 bits per heavy atom. The Hall–Kier alpha value is -1.90. The van der Waals surface area contributed by atoms with Gasteiger partial charge in [0, 0.05) is 35.7 Å². The van der Waals surface area contributed by atoms with E-state index in [1.165, 1.54) is 13.2 Å². The van der Waals surface area contributed by atoms with Gasteiger partial charge < -0.3 is 29.2 Å². The molecule has 3 N–H and O–H groups in total. The molecular weight excluding hydrogens is 392 g/mol. The molecule has 164 valence electrons. The minimum absolute atomic E-state index is 0.103. The molecule has 1 aliphatic heterocycles. The first-order chi connectivity index (χ1) is 13.9. The number of hydrogen-bond donors (Lipinski definition) is 3. The first-order valence-electron chi connectivity index (χ1n) is 10.5. The molecule has 0 spiro atoms. The molecule has 8 nitrogen and oxygen atoms in total. The van der Waals surface area contributed by atoms with Crippen molar-refractivity contribution in [1.82, 2.24) is 0 Å². The number of carbonyl (C=O) groups excluding carboxylic acids is 2. The molecule has 3 fully saturated rings. The third kappa shape index (κ3) is 2.07. The number of ether oxygens (including phenoxy) is 2. The largest absolute Gasteiger partial charge is 0.469 e. The maximum absolute atomic E-state index is 13.0. The second-order valence-corrected chi connectivity index (χ2v) is 10.2. The molecule has 2 heterocycles. The Morgan fingerprint density at radius 3 is 2.63 bits per heavy atom. The van der Waals surface area contributed by atoms with Crippen LogP contribution in [0.15, 0.2) is 16.7 Å². The average molecular weight is 420 g/mol. The molecule has 30 heavy (non-hydrogen) atoms. The van der Waals surface area contributed by atoms with Crippen LogP contribution in [0.5, 0.6) is 0 Å². The molecule has 0 unspecified atom stereocenters. The first-order valence-corrected chi connectivity index (χ1v) is 10.5. The number of furan rings is 1. The Bertz CT molecular complexity index is 920. The highest BCUT2D eigenvalue weighted by Crippen LogP contribution is 2.69. The van der Waals surface area contributed by atoms with Crippen LogP contribution in [0.3, 0.4) is 0 Å². The van der Waals surface area contributed by atoms with Crippen molar-refractivity contribution >= 4 is 11.9 Å². The second-order valence-electron chi connectivity index (χ2n) is 10.2. The van der Waals surface area contributed by atoms with E-state index in [2.05, 4.69) is 0 Å². The van der Waals surface area contributed by atoms with Crippen molar-refractivity contribution in [3.63, 3.8) is 0 Å². The number of fused-ring (bicyclic) bond motifs is 4. The van der Waals surface area contributed by atoms with Crippen LogP contribution >= 0.6 is 0 Å².